The van der Waals surface area contributed by atoms with E-state index in [4.69, 9.17) is 4.52 Å². The van der Waals surface area contributed by atoms with Crippen LogP contribution in [-0.4, -0.2) is 25.3 Å². The maximum Gasteiger partial charge on any atom is 0.185 e. The van der Waals surface area contributed by atoms with E-state index in [1.807, 2.05) is 20.8 Å². The molecule has 0 aliphatic heterocycles. The zero-order chi connectivity index (χ0) is 24.0. The molecule has 0 aliphatic carbocycles. The number of hydrogen-bond acceptors (Lipinski definition) is 6. The lowest BCUT2D eigenvalue weighted by atomic mass is 9.98. The number of aryl methyl sites for hydroxylation is 2. The zero-order valence-electron chi connectivity index (χ0n) is 19.4. The Hall–Kier alpha value is -3.55. The standard InChI is InChI=1S/C22H19F2N5O.C3H8/c1-4-14-11-18(20-15(23)6-5-7-16(20)24)27-28-21(14)13(3)22-25-9-8-17(26-22)19-10-12(2)29-30-19;1-3-2/h5-11,13H,4H2,1-3H3;3H2,1-2H3. The second kappa shape index (κ2) is 10.8. The highest BCUT2D eigenvalue weighted by molar-refractivity contribution is 5.61. The van der Waals surface area contributed by atoms with Crippen LogP contribution in [0.1, 0.15) is 62.8 Å². The highest BCUT2D eigenvalue weighted by Crippen LogP contribution is 2.29. The molecule has 6 nitrogen and oxygen atoms in total. The molecule has 0 amide bonds. The van der Waals surface area contributed by atoms with Crippen molar-refractivity contribution in [3.05, 3.63) is 77.0 Å². The van der Waals surface area contributed by atoms with Crippen LogP contribution in [-0.2, 0) is 6.42 Å². The minimum atomic E-state index is -0.675. The van der Waals surface area contributed by atoms with E-state index in [1.165, 1.54) is 24.6 Å². The monoisotopic (exact) mass is 451 g/mol. The summed E-state index contributed by atoms with van der Waals surface area (Å²) in [7, 11) is 0. The summed E-state index contributed by atoms with van der Waals surface area (Å²) in [6.45, 7) is 9.95. The van der Waals surface area contributed by atoms with Gasteiger partial charge in [-0.05, 0) is 50.1 Å². The lowest BCUT2D eigenvalue weighted by Gasteiger charge is -2.15. The van der Waals surface area contributed by atoms with Gasteiger partial charge >= 0.3 is 0 Å². The summed E-state index contributed by atoms with van der Waals surface area (Å²) in [6.07, 6.45) is 3.51. The molecule has 0 saturated heterocycles. The van der Waals surface area contributed by atoms with Crippen molar-refractivity contribution >= 4 is 0 Å². The molecular formula is C25H27F2N5O. The molecule has 4 aromatic rings. The van der Waals surface area contributed by atoms with Crippen LogP contribution in [0, 0.1) is 18.6 Å². The number of rotatable bonds is 5. The van der Waals surface area contributed by atoms with Crippen LogP contribution in [0.4, 0.5) is 8.78 Å². The first-order valence-electron chi connectivity index (χ1n) is 11.0. The number of aromatic nitrogens is 5. The van der Waals surface area contributed by atoms with Crippen molar-refractivity contribution in [2.24, 2.45) is 0 Å². The summed E-state index contributed by atoms with van der Waals surface area (Å²) < 4.78 is 33.6. The van der Waals surface area contributed by atoms with Gasteiger partial charge in [0, 0.05) is 12.3 Å². The lowest BCUT2D eigenvalue weighted by molar-refractivity contribution is 0.425. The van der Waals surface area contributed by atoms with Crippen molar-refractivity contribution in [2.45, 2.75) is 53.4 Å². The maximum absolute atomic E-state index is 14.2. The van der Waals surface area contributed by atoms with Crippen molar-refractivity contribution in [1.29, 1.82) is 0 Å². The second-order valence-electron chi connectivity index (χ2n) is 7.65. The van der Waals surface area contributed by atoms with Crippen LogP contribution in [0.25, 0.3) is 22.7 Å². The summed E-state index contributed by atoms with van der Waals surface area (Å²) in [5.74, 6) is -0.544. The molecule has 0 radical (unpaired) electrons. The predicted octanol–water partition coefficient (Wildman–Crippen LogP) is 6.31. The average molecular weight is 452 g/mol. The summed E-state index contributed by atoms with van der Waals surface area (Å²) in [6, 6.07) is 8.93. The van der Waals surface area contributed by atoms with E-state index in [1.54, 1.807) is 24.4 Å². The minimum absolute atomic E-state index is 0.158. The van der Waals surface area contributed by atoms with E-state index in [-0.39, 0.29) is 17.2 Å². The molecule has 4 rings (SSSR count). The van der Waals surface area contributed by atoms with Gasteiger partial charge in [0.25, 0.3) is 0 Å². The molecule has 0 N–H and O–H groups in total. The molecule has 0 saturated carbocycles. The van der Waals surface area contributed by atoms with E-state index in [9.17, 15) is 8.78 Å². The Bertz CT molecular complexity index is 1200. The van der Waals surface area contributed by atoms with Gasteiger partial charge in [-0.15, -0.1) is 5.10 Å². The number of halogens is 2. The molecule has 33 heavy (non-hydrogen) atoms. The summed E-state index contributed by atoms with van der Waals surface area (Å²) in [5, 5.41) is 12.3. The number of hydrogen-bond donors (Lipinski definition) is 0. The largest absolute Gasteiger partial charge is 0.354 e. The Morgan fingerprint density at radius 2 is 1.67 bits per heavy atom. The van der Waals surface area contributed by atoms with Gasteiger partial charge in [-0.3, -0.25) is 0 Å². The van der Waals surface area contributed by atoms with Crippen molar-refractivity contribution in [2.75, 3.05) is 0 Å². The Kier molecular flexibility index (Phi) is 7.92. The maximum atomic E-state index is 14.2. The van der Waals surface area contributed by atoms with Crippen LogP contribution in [0.15, 0.2) is 47.1 Å². The van der Waals surface area contributed by atoms with Gasteiger partial charge in [-0.2, -0.15) is 5.10 Å². The number of benzene rings is 1. The molecular weight excluding hydrogens is 424 g/mol. The SMILES string of the molecule is CCC.CCc1cc(-c2c(F)cccc2F)nnc1C(C)c1nccc(-c2cc(C)no2)n1. The Morgan fingerprint density at radius 1 is 0.970 bits per heavy atom. The normalized spacial score (nSPS) is 11.6. The van der Waals surface area contributed by atoms with E-state index in [2.05, 4.69) is 39.2 Å². The number of nitrogens with zero attached hydrogens (tertiary/aromatic N) is 5. The lowest BCUT2D eigenvalue weighted by Crippen LogP contribution is -2.10. The first kappa shape index (κ1) is 24.1. The Balaban J connectivity index is 0.000000968. The summed E-state index contributed by atoms with van der Waals surface area (Å²) >= 11 is 0. The van der Waals surface area contributed by atoms with Gasteiger partial charge in [0.15, 0.2) is 5.76 Å². The van der Waals surface area contributed by atoms with Crippen molar-refractivity contribution in [3.63, 3.8) is 0 Å². The van der Waals surface area contributed by atoms with E-state index in [0.29, 0.717) is 29.4 Å². The first-order valence-corrected chi connectivity index (χ1v) is 11.0. The van der Waals surface area contributed by atoms with Crippen molar-refractivity contribution in [3.8, 4) is 22.7 Å². The molecule has 3 heterocycles. The molecule has 1 unspecified atom stereocenters. The van der Waals surface area contributed by atoms with Crippen LogP contribution in [0.3, 0.4) is 0 Å². The fourth-order valence-electron chi connectivity index (χ4n) is 3.28. The van der Waals surface area contributed by atoms with E-state index in [0.717, 1.165) is 11.3 Å². The second-order valence-corrected chi connectivity index (χ2v) is 7.65. The van der Waals surface area contributed by atoms with Gasteiger partial charge < -0.3 is 4.52 Å². The molecule has 172 valence electrons. The first-order chi connectivity index (χ1) is 15.9. The van der Waals surface area contributed by atoms with Crippen molar-refractivity contribution < 1.29 is 13.3 Å². The van der Waals surface area contributed by atoms with Crippen LogP contribution in [0.5, 0.6) is 0 Å². The third-order valence-electron chi connectivity index (χ3n) is 4.86. The van der Waals surface area contributed by atoms with Crippen LogP contribution < -0.4 is 0 Å². The fourth-order valence-corrected chi connectivity index (χ4v) is 3.28. The predicted molar refractivity (Wildman–Crippen MR) is 123 cm³/mol. The molecule has 3 aromatic heterocycles. The summed E-state index contributed by atoms with van der Waals surface area (Å²) in [5.41, 5.74) is 2.82. The minimum Gasteiger partial charge on any atom is -0.354 e. The molecule has 0 bridgehead atoms. The highest BCUT2D eigenvalue weighted by atomic mass is 19.1. The highest BCUT2D eigenvalue weighted by Gasteiger charge is 2.21. The quantitative estimate of drug-likeness (QED) is 0.354. The molecule has 1 aromatic carbocycles. The third-order valence-corrected chi connectivity index (χ3v) is 4.86. The van der Waals surface area contributed by atoms with Gasteiger partial charge in [0.1, 0.15) is 23.2 Å². The fraction of sp³-hybridized carbons (Fsp3) is 0.320. The smallest absolute Gasteiger partial charge is 0.185 e. The molecule has 1 atom stereocenters. The van der Waals surface area contributed by atoms with Gasteiger partial charge in [-0.25, -0.2) is 18.7 Å². The molecule has 0 fully saturated rings. The van der Waals surface area contributed by atoms with Gasteiger partial charge in [0.05, 0.1) is 28.6 Å². The average Bonchev–Trinajstić information content (AvgIpc) is 3.25. The van der Waals surface area contributed by atoms with Crippen molar-refractivity contribution in [1.82, 2.24) is 25.3 Å². The van der Waals surface area contributed by atoms with E-state index < -0.39 is 11.6 Å². The van der Waals surface area contributed by atoms with Gasteiger partial charge in [0.2, 0.25) is 0 Å². The van der Waals surface area contributed by atoms with Crippen LogP contribution >= 0.6 is 0 Å². The molecule has 0 spiro atoms. The summed E-state index contributed by atoms with van der Waals surface area (Å²) in [4.78, 5) is 8.96. The Morgan fingerprint density at radius 3 is 2.27 bits per heavy atom. The van der Waals surface area contributed by atoms with E-state index >= 15 is 0 Å². The molecule has 0 aliphatic rings. The van der Waals surface area contributed by atoms with Gasteiger partial charge in [-0.1, -0.05) is 38.4 Å². The molecule has 8 heteroatoms. The zero-order valence-corrected chi connectivity index (χ0v) is 19.4. The third kappa shape index (κ3) is 5.45. The van der Waals surface area contributed by atoms with Crippen LogP contribution in [0.2, 0.25) is 0 Å². The Labute approximate surface area is 192 Å². The topological polar surface area (TPSA) is 77.6 Å².